The predicted octanol–water partition coefficient (Wildman–Crippen LogP) is 3.01. The highest BCUT2D eigenvalue weighted by atomic mass is 16.5. The Bertz CT molecular complexity index is 1170. The van der Waals surface area contributed by atoms with E-state index in [0.29, 0.717) is 34.1 Å². The molecule has 0 saturated heterocycles. The first-order chi connectivity index (χ1) is 14.6. The monoisotopic (exact) mass is 400 g/mol. The van der Waals surface area contributed by atoms with E-state index in [1.807, 2.05) is 6.07 Å². The second-order valence-corrected chi connectivity index (χ2v) is 6.19. The minimum absolute atomic E-state index is 0.149. The molecule has 0 unspecified atom stereocenters. The van der Waals surface area contributed by atoms with Crippen LogP contribution in [-0.4, -0.2) is 32.0 Å². The number of nitrogens with one attached hydrogen (secondary N) is 2. The summed E-state index contributed by atoms with van der Waals surface area (Å²) in [6.45, 7) is 0. The summed E-state index contributed by atoms with van der Waals surface area (Å²) in [6, 6.07) is 18.4. The molecule has 148 valence electrons. The Hall–Kier alpha value is -4.53. The van der Waals surface area contributed by atoms with Gasteiger partial charge in [-0.15, -0.1) is 5.10 Å². The van der Waals surface area contributed by atoms with Crippen LogP contribution in [0.3, 0.4) is 0 Å². The number of pyridine rings is 1. The molecule has 4 rings (SSSR count). The number of amides is 2. The molecule has 0 aliphatic heterocycles. The van der Waals surface area contributed by atoms with Crippen molar-refractivity contribution in [2.45, 2.75) is 0 Å². The maximum Gasteiger partial charge on any atom is 0.258 e. The zero-order valence-corrected chi connectivity index (χ0v) is 15.6. The fraction of sp³-hybridized carbons (Fsp3) is 0. The smallest absolute Gasteiger partial charge is 0.258 e. The third-order valence-corrected chi connectivity index (χ3v) is 4.11. The van der Waals surface area contributed by atoms with Gasteiger partial charge in [-0.05, 0) is 60.7 Å². The van der Waals surface area contributed by atoms with Gasteiger partial charge in [0.2, 0.25) is 11.9 Å². The third kappa shape index (κ3) is 4.30. The van der Waals surface area contributed by atoms with Crippen molar-refractivity contribution in [3.05, 3.63) is 84.1 Å². The average Bonchev–Trinajstić information content (AvgIpc) is 3.24. The van der Waals surface area contributed by atoms with Gasteiger partial charge >= 0.3 is 0 Å². The maximum absolute atomic E-state index is 12.4. The lowest BCUT2D eigenvalue weighted by molar-refractivity contribution is 0.0997. The van der Waals surface area contributed by atoms with E-state index in [2.05, 4.69) is 25.5 Å². The second-order valence-electron chi connectivity index (χ2n) is 6.19. The molecular weight excluding hydrogens is 384 g/mol. The molecule has 9 heteroatoms. The Morgan fingerprint density at radius 1 is 0.900 bits per heavy atom. The first kappa shape index (κ1) is 18.8. The molecule has 2 amide bonds. The van der Waals surface area contributed by atoms with E-state index in [4.69, 9.17) is 10.5 Å². The van der Waals surface area contributed by atoms with Crippen molar-refractivity contribution in [1.82, 2.24) is 20.2 Å². The number of primary amides is 1. The van der Waals surface area contributed by atoms with Gasteiger partial charge in [0.15, 0.2) is 5.82 Å². The van der Waals surface area contributed by atoms with Gasteiger partial charge in [0.25, 0.3) is 5.91 Å². The second kappa shape index (κ2) is 8.23. The van der Waals surface area contributed by atoms with Gasteiger partial charge in [-0.2, -0.15) is 4.98 Å². The van der Waals surface area contributed by atoms with E-state index in [9.17, 15) is 9.59 Å². The Kier molecular flexibility index (Phi) is 5.16. The quantitative estimate of drug-likeness (QED) is 0.455. The van der Waals surface area contributed by atoms with Crippen molar-refractivity contribution in [3.8, 4) is 23.0 Å². The Labute approximate surface area is 170 Å². The molecular formula is C21H16N6O3. The van der Waals surface area contributed by atoms with Crippen LogP contribution in [0.4, 0.5) is 5.95 Å². The van der Waals surface area contributed by atoms with Crippen LogP contribution in [0.1, 0.15) is 20.7 Å². The van der Waals surface area contributed by atoms with Gasteiger partial charge in [0, 0.05) is 17.3 Å². The lowest BCUT2D eigenvalue weighted by Gasteiger charge is -2.07. The van der Waals surface area contributed by atoms with Crippen LogP contribution in [0, 0.1) is 0 Å². The fourth-order valence-electron chi connectivity index (χ4n) is 2.61. The van der Waals surface area contributed by atoms with Crippen LogP contribution in [-0.2, 0) is 0 Å². The summed E-state index contributed by atoms with van der Waals surface area (Å²) in [7, 11) is 0. The van der Waals surface area contributed by atoms with Crippen molar-refractivity contribution < 1.29 is 14.3 Å². The third-order valence-electron chi connectivity index (χ3n) is 4.11. The molecule has 4 aromatic rings. The number of nitrogens with zero attached hydrogens (tertiary/aromatic N) is 3. The topological polar surface area (TPSA) is 136 Å². The number of carbonyl (C=O) groups is 2. The first-order valence-corrected chi connectivity index (χ1v) is 8.91. The molecule has 2 aromatic carbocycles. The summed E-state index contributed by atoms with van der Waals surface area (Å²) < 4.78 is 5.70. The van der Waals surface area contributed by atoms with Gasteiger partial charge < -0.3 is 10.5 Å². The van der Waals surface area contributed by atoms with E-state index in [1.165, 1.54) is 0 Å². The summed E-state index contributed by atoms with van der Waals surface area (Å²) in [4.78, 5) is 31.9. The molecule has 0 aliphatic carbocycles. The molecule has 0 fully saturated rings. The number of H-pyrrole nitrogens is 1. The molecule has 0 saturated carbocycles. The molecule has 0 spiro atoms. The van der Waals surface area contributed by atoms with E-state index in [1.54, 1.807) is 66.9 Å². The SMILES string of the molecule is NC(=O)c1ccc(Oc2ccc(C(=O)Nc3n[nH]c(-c4ccccn4)n3)cc2)cc1. The summed E-state index contributed by atoms with van der Waals surface area (Å²) in [5, 5.41) is 9.35. The molecule has 2 aromatic heterocycles. The molecule has 30 heavy (non-hydrogen) atoms. The fourth-order valence-corrected chi connectivity index (χ4v) is 2.61. The number of ether oxygens (including phenoxy) is 1. The highest BCUT2D eigenvalue weighted by Gasteiger charge is 2.11. The van der Waals surface area contributed by atoms with Crippen molar-refractivity contribution in [1.29, 1.82) is 0 Å². The van der Waals surface area contributed by atoms with Gasteiger partial charge in [0.1, 0.15) is 17.2 Å². The summed E-state index contributed by atoms with van der Waals surface area (Å²) in [5.41, 5.74) is 6.65. The number of nitrogens with two attached hydrogens (primary N) is 1. The van der Waals surface area contributed by atoms with Crippen molar-refractivity contribution in [2.75, 3.05) is 5.32 Å². The largest absolute Gasteiger partial charge is 0.457 e. The van der Waals surface area contributed by atoms with Crippen molar-refractivity contribution in [3.63, 3.8) is 0 Å². The number of anilines is 1. The van der Waals surface area contributed by atoms with Crippen molar-refractivity contribution >= 4 is 17.8 Å². The zero-order valence-electron chi connectivity index (χ0n) is 15.6. The van der Waals surface area contributed by atoms with Crippen LogP contribution >= 0.6 is 0 Å². The van der Waals surface area contributed by atoms with Gasteiger partial charge in [0.05, 0.1) is 0 Å². The molecule has 4 N–H and O–H groups in total. The van der Waals surface area contributed by atoms with Crippen LogP contribution in [0.2, 0.25) is 0 Å². The van der Waals surface area contributed by atoms with E-state index >= 15 is 0 Å². The first-order valence-electron chi connectivity index (χ1n) is 8.91. The molecule has 0 radical (unpaired) electrons. The number of hydrogen-bond donors (Lipinski definition) is 3. The maximum atomic E-state index is 12.4. The highest BCUT2D eigenvalue weighted by molar-refractivity contribution is 6.03. The Morgan fingerprint density at radius 2 is 1.57 bits per heavy atom. The van der Waals surface area contributed by atoms with Crippen LogP contribution in [0.25, 0.3) is 11.5 Å². The Morgan fingerprint density at radius 3 is 2.17 bits per heavy atom. The van der Waals surface area contributed by atoms with Crippen LogP contribution in [0.5, 0.6) is 11.5 Å². The van der Waals surface area contributed by atoms with E-state index in [0.717, 1.165) is 0 Å². The summed E-state index contributed by atoms with van der Waals surface area (Å²) >= 11 is 0. The number of carbonyl (C=O) groups excluding carboxylic acids is 2. The van der Waals surface area contributed by atoms with Crippen LogP contribution in [0.15, 0.2) is 72.9 Å². The summed E-state index contributed by atoms with van der Waals surface area (Å²) in [6.07, 6.45) is 1.64. The molecule has 0 bridgehead atoms. The zero-order chi connectivity index (χ0) is 20.9. The average molecular weight is 400 g/mol. The minimum Gasteiger partial charge on any atom is -0.457 e. The number of hydrogen-bond acceptors (Lipinski definition) is 6. The lowest BCUT2D eigenvalue weighted by Crippen LogP contribution is -2.12. The lowest BCUT2D eigenvalue weighted by atomic mass is 10.2. The van der Waals surface area contributed by atoms with Crippen LogP contribution < -0.4 is 15.8 Å². The summed E-state index contributed by atoms with van der Waals surface area (Å²) in [5.74, 6) is 0.815. The van der Waals surface area contributed by atoms with Gasteiger partial charge in [-0.1, -0.05) is 6.07 Å². The Balaban J connectivity index is 1.39. The highest BCUT2D eigenvalue weighted by Crippen LogP contribution is 2.22. The normalized spacial score (nSPS) is 10.4. The predicted molar refractivity (Wildman–Crippen MR) is 109 cm³/mol. The van der Waals surface area contributed by atoms with E-state index in [-0.39, 0.29) is 11.9 Å². The standard InChI is InChI=1S/C21H16N6O3/c22-18(28)13-4-8-15(9-5-13)30-16-10-6-14(7-11-16)20(29)25-21-24-19(26-27-21)17-3-1-2-12-23-17/h1-12H,(H2,22,28)(H2,24,25,26,27,29). The number of rotatable bonds is 6. The molecule has 9 nitrogen and oxygen atoms in total. The minimum atomic E-state index is -0.504. The molecule has 0 aliphatic rings. The van der Waals surface area contributed by atoms with Crippen molar-refractivity contribution in [2.24, 2.45) is 5.73 Å². The van der Waals surface area contributed by atoms with Gasteiger partial charge in [-0.25, -0.2) is 0 Å². The molecule has 0 atom stereocenters. The number of aromatic amines is 1. The number of aromatic nitrogens is 4. The molecule has 2 heterocycles. The van der Waals surface area contributed by atoms with Gasteiger partial charge in [-0.3, -0.25) is 25.0 Å². The number of benzene rings is 2. The van der Waals surface area contributed by atoms with E-state index < -0.39 is 5.91 Å².